The van der Waals surface area contributed by atoms with Gasteiger partial charge in [0.1, 0.15) is 0 Å². The largest absolute Gasteiger partial charge is 0.465 e. The van der Waals surface area contributed by atoms with Crippen molar-refractivity contribution in [1.29, 1.82) is 0 Å². The molecule has 1 saturated heterocycles. The highest BCUT2D eigenvalue weighted by Crippen LogP contribution is 2.31. The molecular weight excluding hydrogens is 340 g/mol. The van der Waals surface area contributed by atoms with Gasteiger partial charge in [-0.3, -0.25) is 0 Å². The summed E-state index contributed by atoms with van der Waals surface area (Å²) >= 11 is 0. The molecule has 1 heterocycles. The second-order valence-electron chi connectivity index (χ2n) is 6.97. The maximum absolute atomic E-state index is 13.0. The molecule has 1 aliphatic heterocycles. The molecule has 0 radical (unpaired) electrons. The van der Waals surface area contributed by atoms with Gasteiger partial charge in [0.05, 0.1) is 18.7 Å². The Morgan fingerprint density at radius 2 is 1.85 bits per heavy atom. The number of amides is 2. The zero-order valence-electron chi connectivity index (χ0n) is 15.9. The molecular formula is C22H26N2O3. The second-order valence-corrected chi connectivity index (χ2v) is 6.97. The van der Waals surface area contributed by atoms with Crippen LogP contribution in [-0.4, -0.2) is 30.6 Å². The fourth-order valence-electron chi connectivity index (χ4n) is 3.58. The molecule has 5 heteroatoms. The van der Waals surface area contributed by atoms with Gasteiger partial charge in [0.2, 0.25) is 0 Å². The van der Waals surface area contributed by atoms with E-state index in [-0.39, 0.29) is 18.0 Å². The minimum absolute atomic E-state index is 0.0849. The van der Waals surface area contributed by atoms with Gasteiger partial charge in [-0.2, -0.15) is 0 Å². The van der Waals surface area contributed by atoms with Crippen LogP contribution < -0.4 is 5.32 Å². The quantitative estimate of drug-likeness (QED) is 0.784. The van der Waals surface area contributed by atoms with E-state index in [0.717, 1.165) is 32.2 Å². The van der Waals surface area contributed by atoms with E-state index in [1.54, 1.807) is 24.3 Å². The zero-order valence-corrected chi connectivity index (χ0v) is 15.9. The number of urea groups is 1. The first-order valence-electron chi connectivity index (χ1n) is 9.41. The van der Waals surface area contributed by atoms with Crippen LogP contribution in [0, 0.1) is 6.92 Å². The van der Waals surface area contributed by atoms with Gasteiger partial charge in [-0.25, -0.2) is 9.59 Å². The first-order chi connectivity index (χ1) is 13.1. The number of aryl methyl sites for hydroxylation is 1. The van der Waals surface area contributed by atoms with Gasteiger partial charge in [0.15, 0.2) is 0 Å². The maximum Gasteiger partial charge on any atom is 0.337 e. The number of anilines is 1. The summed E-state index contributed by atoms with van der Waals surface area (Å²) in [5, 5.41) is 2.97. The first kappa shape index (κ1) is 19.0. The van der Waals surface area contributed by atoms with Gasteiger partial charge < -0.3 is 15.0 Å². The lowest BCUT2D eigenvalue weighted by Crippen LogP contribution is -2.38. The lowest BCUT2D eigenvalue weighted by atomic mass is 9.99. The smallest absolute Gasteiger partial charge is 0.337 e. The number of hydrogen-bond acceptors (Lipinski definition) is 3. The Hall–Kier alpha value is -2.82. The molecule has 0 spiro atoms. The number of carbonyl (C=O) groups is 2. The van der Waals surface area contributed by atoms with Crippen LogP contribution >= 0.6 is 0 Å². The molecule has 3 rings (SSSR count). The Balaban J connectivity index is 1.77. The number of ether oxygens (including phenoxy) is 1. The third kappa shape index (κ3) is 4.67. The molecule has 0 saturated carbocycles. The van der Waals surface area contributed by atoms with Crippen LogP contribution in [0.5, 0.6) is 0 Å². The van der Waals surface area contributed by atoms with Crippen molar-refractivity contribution in [3.63, 3.8) is 0 Å². The number of esters is 1. The average molecular weight is 366 g/mol. The maximum atomic E-state index is 13.0. The summed E-state index contributed by atoms with van der Waals surface area (Å²) in [6, 6.07) is 15.1. The predicted molar refractivity (Wildman–Crippen MR) is 106 cm³/mol. The molecule has 2 amide bonds. The summed E-state index contributed by atoms with van der Waals surface area (Å²) < 4.78 is 4.70. The van der Waals surface area contributed by atoms with Gasteiger partial charge >= 0.3 is 12.0 Å². The van der Waals surface area contributed by atoms with Crippen molar-refractivity contribution >= 4 is 17.7 Å². The normalized spacial score (nSPS) is 17.1. The van der Waals surface area contributed by atoms with Crippen molar-refractivity contribution < 1.29 is 14.3 Å². The standard InChI is InChI=1S/C22H26N2O3/c1-16-7-6-8-18(15-16)20-9-4-3-5-14-24(20)22(26)23-19-12-10-17(11-13-19)21(25)27-2/h6-8,10-13,15,20H,3-5,9,14H2,1-2H3,(H,23,26)/t20-/m1/s1. The molecule has 142 valence electrons. The molecule has 1 atom stereocenters. The molecule has 2 aromatic rings. The minimum Gasteiger partial charge on any atom is -0.465 e. The van der Waals surface area contributed by atoms with E-state index in [1.807, 2.05) is 4.90 Å². The molecule has 1 N–H and O–H groups in total. The first-order valence-corrected chi connectivity index (χ1v) is 9.41. The number of benzene rings is 2. The van der Waals surface area contributed by atoms with Crippen LogP contribution in [0.4, 0.5) is 10.5 Å². The van der Waals surface area contributed by atoms with Crippen molar-refractivity contribution in [2.45, 2.75) is 38.6 Å². The van der Waals surface area contributed by atoms with Crippen molar-refractivity contribution in [1.82, 2.24) is 4.90 Å². The molecule has 0 aromatic heterocycles. The highest BCUT2D eigenvalue weighted by Gasteiger charge is 2.27. The average Bonchev–Trinajstić information content (AvgIpc) is 2.94. The Morgan fingerprint density at radius 1 is 1.07 bits per heavy atom. The van der Waals surface area contributed by atoms with Gasteiger partial charge in [0.25, 0.3) is 0 Å². The van der Waals surface area contributed by atoms with E-state index in [0.29, 0.717) is 11.3 Å². The van der Waals surface area contributed by atoms with Crippen molar-refractivity contribution in [2.24, 2.45) is 0 Å². The van der Waals surface area contributed by atoms with Crippen LogP contribution in [0.2, 0.25) is 0 Å². The Kier molecular flexibility index (Phi) is 6.12. The molecule has 0 bridgehead atoms. The SMILES string of the molecule is COC(=O)c1ccc(NC(=O)N2CCCCC[C@@H]2c2cccc(C)c2)cc1. The molecule has 0 aliphatic carbocycles. The fourth-order valence-corrected chi connectivity index (χ4v) is 3.58. The predicted octanol–water partition coefficient (Wildman–Crippen LogP) is 4.93. The number of likely N-dealkylation sites (tertiary alicyclic amines) is 1. The molecule has 0 unspecified atom stereocenters. The Morgan fingerprint density at radius 3 is 2.56 bits per heavy atom. The number of carbonyl (C=O) groups excluding carboxylic acids is 2. The van der Waals surface area contributed by atoms with E-state index in [4.69, 9.17) is 4.74 Å². The summed E-state index contributed by atoms with van der Waals surface area (Å²) in [6.45, 7) is 2.82. The van der Waals surface area contributed by atoms with E-state index in [2.05, 4.69) is 36.5 Å². The van der Waals surface area contributed by atoms with Crippen molar-refractivity contribution in [3.05, 3.63) is 65.2 Å². The van der Waals surface area contributed by atoms with E-state index in [9.17, 15) is 9.59 Å². The van der Waals surface area contributed by atoms with Gasteiger partial charge in [-0.1, -0.05) is 42.7 Å². The lowest BCUT2D eigenvalue weighted by Gasteiger charge is -2.31. The summed E-state index contributed by atoms with van der Waals surface area (Å²) in [4.78, 5) is 26.5. The molecule has 1 fully saturated rings. The number of hydrogen-bond donors (Lipinski definition) is 1. The third-order valence-electron chi connectivity index (χ3n) is 5.00. The second kappa shape index (κ2) is 8.71. The summed E-state index contributed by atoms with van der Waals surface area (Å²) in [7, 11) is 1.35. The van der Waals surface area contributed by atoms with Crippen molar-refractivity contribution in [2.75, 3.05) is 19.0 Å². The topological polar surface area (TPSA) is 58.6 Å². The highest BCUT2D eigenvalue weighted by molar-refractivity contribution is 5.92. The minimum atomic E-state index is -0.389. The summed E-state index contributed by atoms with van der Waals surface area (Å²) in [5.74, 6) is -0.389. The summed E-state index contributed by atoms with van der Waals surface area (Å²) in [6.07, 6.45) is 4.24. The van der Waals surface area contributed by atoms with E-state index in [1.165, 1.54) is 18.2 Å². The number of rotatable bonds is 3. The summed E-state index contributed by atoms with van der Waals surface area (Å²) in [5.41, 5.74) is 3.52. The van der Waals surface area contributed by atoms with E-state index < -0.39 is 0 Å². The number of methoxy groups -OCH3 is 1. The zero-order chi connectivity index (χ0) is 19.2. The lowest BCUT2D eigenvalue weighted by molar-refractivity contribution is 0.0600. The molecule has 2 aromatic carbocycles. The van der Waals surface area contributed by atoms with Crippen LogP contribution in [0.15, 0.2) is 48.5 Å². The Bertz CT molecular complexity index is 801. The molecule has 5 nitrogen and oxygen atoms in total. The highest BCUT2D eigenvalue weighted by atomic mass is 16.5. The van der Waals surface area contributed by atoms with Gasteiger partial charge in [-0.05, 0) is 49.6 Å². The van der Waals surface area contributed by atoms with Crippen LogP contribution in [0.3, 0.4) is 0 Å². The molecule has 27 heavy (non-hydrogen) atoms. The third-order valence-corrected chi connectivity index (χ3v) is 5.00. The van der Waals surface area contributed by atoms with Gasteiger partial charge in [0, 0.05) is 12.2 Å². The van der Waals surface area contributed by atoms with Crippen LogP contribution in [-0.2, 0) is 4.74 Å². The Labute approximate surface area is 160 Å². The number of nitrogens with zero attached hydrogens (tertiary/aromatic N) is 1. The fraction of sp³-hybridized carbons (Fsp3) is 0.364. The monoisotopic (exact) mass is 366 g/mol. The van der Waals surface area contributed by atoms with E-state index >= 15 is 0 Å². The molecule has 1 aliphatic rings. The van der Waals surface area contributed by atoms with Crippen LogP contribution in [0.25, 0.3) is 0 Å². The van der Waals surface area contributed by atoms with Crippen molar-refractivity contribution in [3.8, 4) is 0 Å². The van der Waals surface area contributed by atoms with Crippen LogP contribution in [0.1, 0.15) is 53.2 Å². The van der Waals surface area contributed by atoms with Gasteiger partial charge in [-0.15, -0.1) is 0 Å². The number of nitrogens with one attached hydrogen (secondary N) is 1.